The highest BCUT2D eigenvalue weighted by molar-refractivity contribution is 7.15. The quantitative estimate of drug-likeness (QED) is 0.209. The minimum atomic E-state index is -0.573. The number of carbonyl (C=O) groups is 3. The summed E-state index contributed by atoms with van der Waals surface area (Å²) in [6.45, 7) is 6.54. The number of likely N-dealkylation sites (tertiary alicyclic amines) is 1. The third-order valence-corrected chi connectivity index (χ3v) is 10.4. The SMILES string of the molecule is COC(=O)c1ccc(NC(=O)C2CCN(C(=O)C[C@@H]3N=C(c4ccc(Cl)cc4)c4c(sc(C)c4C)-n4c(C)nnc43)CC2)cc1C#CCO. The number of methoxy groups -OCH3 is 1. The van der Waals surface area contributed by atoms with Gasteiger partial charge in [-0.25, -0.2) is 4.79 Å². The zero-order chi connectivity index (χ0) is 34.8. The Hall–Kier alpha value is -4.83. The number of carbonyl (C=O) groups excluding carboxylic acids is 3. The van der Waals surface area contributed by atoms with Crippen LogP contribution in [0.15, 0.2) is 47.5 Å². The van der Waals surface area contributed by atoms with Crippen molar-refractivity contribution >= 4 is 52.1 Å². The number of nitrogens with zero attached hydrogens (tertiary/aromatic N) is 5. The second-order valence-electron chi connectivity index (χ2n) is 12.0. The van der Waals surface area contributed by atoms with E-state index in [1.807, 2.05) is 35.8 Å². The summed E-state index contributed by atoms with van der Waals surface area (Å²) >= 11 is 7.89. The van der Waals surface area contributed by atoms with Crippen molar-refractivity contribution in [2.45, 2.75) is 46.1 Å². The monoisotopic (exact) mass is 698 g/mol. The molecule has 0 spiro atoms. The van der Waals surface area contributed by atoms with Gasteiger partial charge in [0.05, 0.1) is 24.8 Å². The van der Waals surface area contributed by atoms with E-state index in [0.29, 0.717) is 48.0 Å². The fraction of sp³-hybridized carbons (Fsp3) is 0.333. The predicted octanol–water partition coefficient (Wildman–Crippen LogP) is 5.20. The molecule has 11 nitrogen and oxygen atoms in total. The molecule has 0 saturated carbocycles. The van der Waals surface area contributed by atoms with Crippen molar-refractivity contribution in [1.29, 1.82) is 0 Å². The number of amides is 2. The van der Waals surface area contributed by atoms with E-state index in [9.17, 15) is 14.4 Å². The average molecular weight is 699 g/mol. The fourth-order valence-corrected chi connectivity index (χ4v) is 7.55. The zero-order valence-corrected chi connectivity index (χ0v) is 29.1. The van der Waals surface area contributed by atoms with Crippen molar-refractivity contribution in [3.63, 3.8) is 0 Å². The van der Waals surface area contributed by atoms with Gasteiger partial charge >= 0.3 is 5.97 Å². The Balaban J connectivity index is 1.18. The van der Waals surface area contributed by atoms with E-state index in [0.717, 1.165) is 33.2 Å². The molecule has 4 heterocycles. The molecule has 0 aliphatic carbocycles. The first-order valence-electron chi connectivity index (χ1n) is 15.9. The molecule has 2 aliphatic rings. The van der Waals surface area contributed by atoms with Crippen LogP contribution in [0.1, 0.15) is 74.4 Å². The van der Waals surface area contributed by atoms with E-state index in [-0.39, 0.29) is 36.3 Å². The molecule has 2 aromatic heterocycles. The Morgan fingerprint density at radius 1 is 1.08 bits per heavy atom. The molecular formula is C36H35ClN6O5S. The molecule has 4 aromatic rings. The summed E-state index contributed by atoms with van der Waals surface area (Å²) in [5.41, 5.74) is 4.86. The number of thiophene rings is 1. The molecular weight excluding hydrogens is 664 g/mol. The summed E-state index contributed by atoms with van der Waals surface area (Å²) in [5, 5.41) is 22.5. The third kappa shape index (κ3) is 6.87. The van der Waals surface area contributed by atoms with E-state index in [1.54, 1.807) is 28.4 Å². The summed E-state index contributed by atoms with van der Waals surface area (Å²) in [6, 6.07) is 11.7. The number of nitrogens with one attached hydrogen (secondary N) is 1. The van der Waals surface area contributed by atoms with Gasteiger partial charge in [-0.3, -0.25) is 19.1 Å². The van der Waals surface area contributed by atoms with Crippen molar-refractivity contribution in [3.8, 4) is 16.8 Å². The summed E-state index contributed by atoms with van der Waals surface area (Å²) < 4.78 is 6.84. The maximum Gasteiger partial charge on any atom is 0.339 e. The van der Waals surface area contributed by atoms with E-state index in [1.165, 1.54) is 18.1 Å². The molecule has 2 amide bonds. The number of aliphatic imine (C=N–C) groups is 1. The molecule has 2 N–H and O–H groups in total. The van der Waals surface area contributed by atoms with E-state index >= 15 is 0 Å². The van der Waals surface area contributed by atoms with Crippen LogP contribution >= 0.6 is 22.9 Å². The largest absolute Gasteiger partial charge is 0.465 e. The van der Waals surface area contributed by atoms with Gasteiger partial charge in [-0.05, 0) is 69.5 Å². The minimum absolute atomic E-state index is 0.0704. The number of halogens is 1. The number of hydrogen-bond donors (Lipinski definition) is 2. The standard InChI is InChI=1S/C36H35ClN6O5S/c1-20-21(2)49-35-31(20)32(23-7-9-26(37)10-8-23)39-29(33-41-40-22(3)43(33)35)19-30(45)42-15-13-24(14-16-42)34(46)38-27-11-12-28(36(47)48-4)25(18-27)6-5-17-44/h7-12,18,24,29,44H,13-17,19H2,1-4H3,(H,38,46)/t29-/m0/s1. The number of anilines is 1. The summed E-state index contributed by atoms with van der Waals surface area (Å²) in [6.07, 6.45) is 1.08. The summed E-state index contributed by atoms with van der Waals surface area (Å²) in [4.78, 5) is 47.4. The third-order valence-electron chi connectivity index (χ3n) is 8.94. The van der Waals surface area contributed by atoms with Gasteiger partial charge in [-0.15, -0.1) is 21.5 Å². The summed E-state index contributed by atoms with van der Waals surface area (Å²) in [7, 11) is 1.27. The van der Waals surface area contributed by atoms with Gasteiger partial charge in [0.25, 0.3) is 0 Å². The average Bonchev–Trinajstić information content (AvgIpc) is 3.58. The Labute approximate surface area is 293 Å². The number of aliphatic hydroxyl groups excluding tert-OH is 1. The Bertz CT molecular complexity index is 2030. The number of fused-ring (bicyclic) bond motifs is 3. The first-order chi connectivity index (χ1) is 23.6. The molecule has 2 aromatic carbocycles. The topological polar surface area (TPSA) is 139 Å². The predicted molar refractivity (Wildman–Crippen MR) is 188 cm³/mol. The number of aromatic nitrogens is 3. The van der Waals surface area contributed by atoms with Crippen molar-refractivity contribution in [3.05, 3.63) is 91.8 Å². The Kier molecular flexibility index (Phi) is 9.96. The van der Waals surface area contributed by atoms with Crippen LogP contribution in [-0.2, 0) is 14.3 Å². The first kappa shape index (κ1) is 34.0. The number of piperidine rings is 1. The van der Waals surface area contributed by atoms with Crippen LogP contribution in [0.5, 0.6) is 0 Å². The van der Waals surface area contributed by atoms with Crippen LogP contribution in [0.25, 0.3) is 5.00 Å². The number of rotatable bonds is 6. The number of aliphatic hydroxyl groups is 1. The number of ether oxygens (including phenoxy) is 1. The van der Waals surface area contributed by atoms with Gasteiger partial charge in [0.2, 0.25) is 11.8 Å². The minimum Gasteiger partial charge on any atom is -0.465 e. The maximum absolute atomic E-state index is 13.8. The fourth-order valence-electron chi connectivity index (χ4n) is 6.21. The number of aryl methyl sites for hydroxylation is 2. The highest BCUT2D eigenvalue weighted by atomic mass is 35.5. The Morgan fingerprint density at radius 3 is 2.51 bits per heavy atom. The van der Waals surface area contributed by atoms with Crippen LogP contribution in [0, 0.1) is 38.5 Å². The van der Waals surface area contributed by atoms with Crippen LogP contribution in [0.3, 0.4) is 0 Å². The van der Waals surface area contributed by atoms with Crippen molar-refractivity contribution < 1.29 is 24.2 Å². The van der Waals surface area contributed by atoms with Gasteiger partial charge in [-0.1, -0.05) is 35.6 Å². The Morgan fingerprint density at radius 2 is 1.82 bits per heavy atom. The molecule has 1 atom stereocenters. The van der Waals surface area contributed by atoms with Gasteiger partial charge in [0, 0.05) is 51.3 Å². The smallest absolute Gasteiger partial charge is 0.339 e. The lowest BCUT2D eigenvalue weighted by Crippen LogP contribution is -2.41. The first-order valence-corrected chi connectivity index (χ1v) is 17.1. The number of hydrogen-bond acceptors (Lipinski definition) is 9. The van der Waals surface area contributed by atoms with Gasteiger partial charge in [0.15, 0.2) is 5.82 Å². The van der Waals surface area contributed by atoms with E-state index < -0.39 is 12.0 Å². The molecule has 2 aliphatic heterocycles. The van der Waals surface area contributed by atoms with E-state index in [2.05, 4.69) is 41.2 Å². The molecule has 49 heavy (non-hydrogen) atoms. The molecule has 13 heteroatoms. The molecule has 0 radical (unpaired) electrons. The van der Waals surface area contributed by atoms with Crippen molar-refractivity contribution in [2.24, 2.45) is 10.9 Å². The molecule has 1 saturated heterocycles. The van der Waals surface area contributed by atoms with Crippen LogP contribution in [0.4, 0.5) is 5.69 Å². The lowest BCUT2D eigenvalue weighted by atomic mass is 9.95. The second kappa shape index (κ2) is 14.3. The van der Waals surface area contributed by atoms with Crippen molar-refractivity contribution in [1.82, 2.24) is 19.7 Å². The molecule has 0 unspecified atom stereocenters. The summed E-state index contributed by atoms with van der Waals surface area (Å²) in [5.74, 6) is 5.48. The highest BCUT2D eigenvalue weighted by Crippen LogP contribution is 2.40. The normalized spacial score (nSPS) is 15.7. The highest BCUT2D eigenvalue weighted by Gasteiger charge is 2.34. The van der Waals surface area contributed by atoms with Gasteiger partial charge in [-0.2, -0.15) is 0 Å². The van der Waals surface area contributed by atoms with Crippen LogP contribution in [-0.4, -0.2) is 75.1 Å². The maximum atomic E-state index is 13.8. The van der Waals surface area contributed by atoms with Crippen LogP contribution in [0.2, 0.25) is 5.02 Å². The second-order valence-corrected chi connectivity index (χ2v) is 13.6. The zero-order valence-electron chi connectivity index (χ0n) is 27.5. The lowest BCUT2D eigenvalue weighted by molar-refractivity contribution is -0.134. The molecule has 252 valence electrons. The van der Waals surface area contributed by atoms with Crippen LogP contribution < -0.4 is 5.32 Å². The van der Waals surface area contributed by atoms with Crippen molar-refractivity contribution in [2.75, 3.05) is 32.1 Å². The molecule has 1 fully saturated rings. The number of esters is 1. The molecule has 0 bridgehead atoms. The number of benzene rings is 2. The lowest BCUT2D eigenvalue weighted by Gasteiger charge is -2.32. The molecule has 6 rings (SSSR count). The van der Waals surface area contributed by atoms with E-state index in [4.69, 9.17) is 26.4 Å². The van der Waals surface area contributed by atoms with Gasteiger partial charge in [0.1, 0.15) is 23.5 Å². The van der Waals surface area contributed by atoms with Gasteiger partial charge < -0.3 is 20.1 Å².